The summed E-state index contributed by atoms with van der Waals surface area (Å²) in [7, 11) is 0. The maximum atomic E-state index is 12.3. The number of amides is 1. The lowest BCUT2D eigenvalue weighted by Crippen LogP contribution is -2.47. The molecule has 3 rings (SSSR count). The van der Waals surface area contributed by atoms with Crippen LogP contribution >= 0.6 is 24.0 Å². The van der Waals surface area contributed by atoms with E-state index >= 15 is 0 Å². The Labute approximate surface area is 179 Å². The third-order valence-corrected chi connectivity index (χ3v) is 6.30. The average molecular weight is 421 g/mol. The normalized spacial score (nSPS) is 21.6. The quantitative estimate of drug-likeness (QED) is 0.714. The van der Waals surface area contributed by atoms with Crippen LogP contribution in [0.15, 0.2) is 54.6 Å². The zero-order valence-electron chi connectivity index (χ0n) is 16.4. The van der Waals surface area contributed by atoms with Gasteiger partial charge in [-0.25, -0.2) is 0 Å². The van der Waals surface area contributed by atoms with E-state index in [2.05, 4.69) is 35.2 Å². The molecular formula is C23H30Cl2N2O. The van der Waals surface area contributed by atoms with E-state index in [4.69, 9.17) is 17.3 Å². The lowest BCUT2D eigenvalue weighted by atomic mass is 9.68. The van der Waals surface area contributed by atoms with Crippen molar-refractivity contribution in [3.63, 3.8) is 0 Å². The first kappa shape index (κ1) is 22.7. The molecule has 0 unspecified atom stereocenters. The highest BCUT2D eigenvalue weighted by Crippen LogP contribution is 2.40. The lowest BCUT2D eigenvalue weighted by molar-refractivity contribution is -0.132. The minimum atomic E-state index is -0.0245. The van der Waals surface area contributed by atoms with Crippen molar-refractivity contribution in [2.24, 2.45) is 5.73 Å². The van der Waals surface area contributed by atoms with E-state index < -0.39 is 0 Å². The van der Waals surface area contributed by atoms with Crippen LogP contribution in [0.25, 0.3) is 0 Å². The van der Waals surface area contributed by atoms with E-state index in [9.17, 15) is 4.79 Å². The van der Waals surface area contributed by atoms with Gasteiger partial charge < -0.3 is 10.6 Å². The van der Waals surface area contributed by atoms with Crippen LogP contribution in [-0.4, -0.2) is 29.9 Å². The summed E-state index contributed by atoms with van der Waals surface area (Å²) in [5.41, 5.74) is 8.69. The van der Waals surface area contributed by atoms with Crippen LogP contribution < -0.4 is 5.73 Å². The molecule has 0 heterocycles. The summed E-state index contributed by atoms with van der Waals surface area (Å²) < 4.78 is 0. The lowest BCUT2D eigenvalue weighted by Gasteiger charge is -2.43. The van der Waals surface area contributed by atoms with Crippen LogP contribution in [0.2, 0.25) is 5.02 Å². The Balaban J connectivity index is 0.00000280. The molecule has 1 saturated carbocycles. The van der Waals surface area contributed by atoms with Crippen molar-refractivity contribution in [1.29, 1.82) is 0 Å². The first-order valence-electron chi connectivity index (χ1n) is 9.81. The number of nitrogens with zero attached hydrogens (tertiary/aromatic N) is 1. The van der Waals surface area contributed by atoms with Crippen molar-refractivity contribution in [1.82, 2.24) is 4.90 Å². The molecule has 1 aliphatic rings. The molecule has 152 valence electrons. The Hall–Kier alpha value is -1.55. The number of nitrogens with two attached hydrogens (primary N) is 1. The van der Waals surface area contributed by atoms with Gasteiger partial charge in [0.15, 0.2) is 0 Å². The standard InChI is InChI=1S/C23H29ClN2O.ClH/c1-18(27)26(15-12-19-6-3-2-4-7-19)22-10-13-23(17-25,14-11-22)20-8-5-9-21(24)16-20;/h2-9,16,22H,10-15,17,25H2,1H3;1H. The summed E-state index contributed by atoms with van der Waals surface area (Å²) >= 11 is 6.21. The van der Waals surface area contributed by atoms with Gasteiger partial charge in [-0.1, -0.05) is 54.1 Å². The maximum absolute atomic E-state index is 12.3. The Kier molecular flexibility index (Phi) is 8.36. The molecule has 2 aromatic carbocycles. The Morgan fingerprint density at radius 1 is 1.14 bits per heavy atom. The molecule has 1 aliphatic carbocycles. The second-order valence-corrected chi connectivity index (χ2v) is 8.11. The minimum Gasteiger partial charge on any atom is -0.340 e. The molecule has 0 saturated heterocycles. The van der Waals surface area contributed by atoms with Gasteiger partial charge in [0.25, 0.3) is 0 Å². The molecule has 1 amide bonds. The van der Waals surface area contributed by atoms with Crippen molar-refractivity contribution in [2.45, 2.75) is 50.5 Å². The van der Waals surface area contributed by atoms with E-state index in [0.29, 0.717) is 12.6 Å². The molecule has 2 N–H and O–H groups in total. The van der Waals surface area contributed by atoms with E-state index in [1.807, 2.05) is 24.3 Å². The monoisotopic (exact) mass is 420 g/mol. The van der Waals surface area contributed by atoms with Crippen molar-refractivity contribution in [3.05, 3.63) is 70.7 Å². The predicted octanol–water partition coefficient (Wildman–Crippen LogP) is 4.99. The summed E-state index contributed by atoms with van der Waals surface area (Å²) in [6.07, 6.45) is 4.84. The predicted molar refractivity (Wildman–Crippen MR) is 119 cm³/mol. The number of halogens is 2. The Bertz CT molecular complexity index is 758. The van der Waals surface area contributed by atoms with E-state index in [-0.39, 0.29) is 23.7 Å². The SMILES string of the molecule is CC(=O)N(CCc1ccccc1)C1CCC(CN)(c2cccc(Cl)c2)CC1.Cl. The first-order chi connectivity index (χ1) is 13.0. The number of hydrogen-bond donors (Lipinski definition) is 1. The number of carbonyl (C=O) groups excluding carboxylic acids is 1. The molecule has 28 heavy (non-hydrogen) atoms. The molecular weight excluding hydrogens is 391 g/mol. The van der Waals surface area contributed by atoms with Gasteiger partial charge in [-0.2, -0.15) is 0 Å². The number of rotatable bonds is 6. The zero-order valence-corrected chi connectivity index (χ0v) is 18.0. The van der Waals surface area contributed by atoms with Gasteiger partial charge in [0.1, 0.15) is 0 Å². The fourth-order valence-electron chi connectivity index (χ4n) is 4.39. The number of hydrogen-bond acceptors (Lipinski definition) is 2. The van der Waals surface area contributed by atoms with Crippen LogP contribution in [0.5, 0.6) is 0 Å². The molecule has 0 aromatic heterocycles. The van der Waals surface area contributed by atoms with E-state index in [1.165, 1.54) is 11.1 Å². The molecule has 1 fully saturated rings. The Morgan fingerprint density at radius 3 is 2.39 bits per heavy atom. The summed E-state index contributed by atoms with van der Waals surface area (Å²) in [5.74, 6) is 0.166. The minimum absolute atomic E-state index is 0. The summed E-state index contributed by atoms with van der Waals surface area (Å²) in [6, 6.07) is 18.8. The highest BCUT2D eigenvalue weighted by atomic mass is 35.5. The van der Waals surface area contributed by atoms with Crippen LogP contribution in [-0.2, 0) is 16.6 Å². The van der Waals surface area contributed by atoms with Crippen LogP contribution in [0, 0.1) is 0 Å². The van der Waals surface area contributed by atoms with Crippen molar-refractivity contribution < 1.29 is 4.79 Å². The van der Waals surface area contributed by atoms with E-state index in [1.54, 1.807) is 6.92 Å². The van der Waals surface area contributed by atoms with Crippen molar-refractivity contribution in [2.75, 3.05) is 13.1 Å². The van der Waals surface area contributed by atoms with Gasteiger partial charge in [0.2, 0.25) is 5.91 Å². The topological polar surface area (TPSA) is 46.3 Å². The maximum Gasteiger partial charge on any atom is 0.219 e. The summed E-state index contributed by atoms with van der Waals surface area (Å²) in [5, 5.41) is 0.760. The summed E-state index contributed by atoms with van der Waals surface area (Å²) in [4.78, 5) is 14.4. The fourth-order valence-corrected chi connectivity index (χ4v) is 4.58. The molecule has 5 heteroatoms. The van der Waals surface area contributed by atoms with Crippen LogP contribution in [0.1, 0.15) is 43.7 Å². The molecule has 0 aliphatic heterocycles. The van der Waals surface area contributed by atoms with Gasteiger partial charge in [-0.15, -0.1) is 12.4 Å². The highest BCUT2D eigenvalue weighted by molar-refractivity contribution is 6.30. The van der Waals surface area contributed by atoms with Gasteiger partial charge in [0.05, 0.1) is 0 Å². The van der Waals surface area contributed by atoms with E-state index in [0.717, 1.165) is 43.7 Å². The third kappa shape index (κ3) is 5.28. The van der Waals surface area contributed by atoms with Gasteiger partial charge in [0, 0.05) is 36.5 Å². The number of benzene rings is 2. The summed E-state index contributed by atoms with van der Waals surface area (Å²) in [6.45, 7) is 3.08. The molecule has 0 spiro atoms. The van der Waals surface area contributed by atoms with Crippen molar-refractivity contribution in [3.8, 4) is 0 Å². The van der Waals surface area contributed by atoms with Crippen molar-refractivity contribution >= 4 is 29.9 Å². The third-order valence-electron chi connectivity index (χ3n) is 6.07. The molecule has 0 atom stereocenters. The Morgan fingerprint density at radius 2 is 1.82 bits per heavy atom. The van der Waals surface area contributed by atoms with Gasteiger partial charge >= 0.3 is 0 Å². The fraction of sp³-hybridized carbons (Fsp3) is 0.435. The smallest absolute Gasteiger partial charge is 0.219 e. The molecule has 0 bridgehead atoms. The second-order valence-electron chi connectivity index (χ2n) is 7.67. The van der Waals surface area contributed by atoms with Crippen LogP contribution in [0.4, 0.5) is 0 Å². The number of carbonyl (C=O) groups is 1. The zero-order chi connectivity index (χ0) is 19.3. The first-order valence-corrected chi connectivity index (χ1v) is 10.2. The average Bonchev–Trinajstić information content (AvgIpc) is 2.69. The largest absolute Gasteiger partial charge is 0.340 e. The molecule has 3 nitrogen and oxygen atoms in total. The molecule has 0 radical (unpaired) electrons. The second kappa shape index (κ2) is 10.3. The van der Waals surface area contributed by atoms with Crippen LogP contribution in [0.3, 0.4) is 0 Å². The molecule has 2 aromatic rings. The highest BCUT2D eigenvalue weighted by Gasteiger charge is 2.38. The van der Waals surface area contributed by atoms with Gasteiger partial charge in [-0.05, 0) is 55.4 Å². The van der Waals surface area contributed by atoms with Gasteiger partial charge in [-0.3, -0.25) is 4.79 Å².